The summed E-state index contributed by atoms with van der Waals surface area (Å²) in [4.78, 5) is 0. The highest BCUT2D eigenvalue weighted by molar-refractivity contribution is 5.33. The largest absolute Gasteiger partial charge is 0.485 e. The van der Waals surface area contributed by atoms with Gasteiger partial charge in [-0.2, -0.15) is 0 Å². The van der Waals surface area contributed by atoms with Crippen molar-refractivity contribution in [1.82, 2.24) is 0 Å². The summed E-state index contributed by atoms with van der Waals surface area (Å²) < 4.78 is 10.8. The van der Waals surface area contributed by atoms with E-state index in [0.29, 0.717) is 13.0 Å². The minimum absolute atomic E-state index is 0.126. The van der Waals surface area contributed by atoms with E-state index in [4.69, 9.17) is 14.3 Å². The molecule has 0 bridgehead atoms. The SMILES string of the molecule is OCCc1ccccc1OCc1ccco1. The molecule has 0 fully saturated rings. The van der Waals surface area contributed by atoms with Crippen molar-refractivity contribution in [3.8, 4) is 5.75 Å². The highest BCUT2D eigenvalue weighted by atomic mass is 16.5. The molecule has 0 atom stereocenters. The number of rotatable bonds is 5. The molecule has 0 amide bonds. The fraction of sp³-hybridized carbons (Fsp3) is 0.231. The van der Waals surface area contributed by atoms with Crippen molar-refractivity contribution >= 4 is 0 Å². The molecule has 1 N–H and O–H groups in total. The van der Waals surface area contributed by atoms with Crippen LogP contribution in [0.15, 0.2) is 47.1 Å². The Labute approximate surface area is 94.3 Å². The summed E-state index contributed by atoms with van der Waals surface area (Å²) in [6.45, 7) is 0.538. The predicted octanol–water partition coefficient (Wildman–Crippen LogP) is 2.39. The van der Waals surface area contributed by atoms with Crippen LogP contribution < -0.4 is 4.74 Å². The molecule has 3 nitrogen and oxygen atoms in total. The van der Waals surface area contributed by atoms with E-state index in [0.717, 1.165) is 17.1 Å². The van der Waals surface area contributed by atoms with Crippen LogP contribution in [0, 0.1) is 0 Å². The maximum absolute atomic E-state index is 8.92. The molecule has 1 aromatic carbocycles. The van der Waals surface area contributed by atoms with Crippen LogP contribution >= 0.6 is 0 Å². The average molecular weight is 218 g/mol. The number of benzene rings is 1. The number of hydrogen-bond acceptors (Lipinski definition) is 3. The quantitative estimate of drug-likeness (QED) is 0.837. The maximum atomic E-state index is 8.92. The Morgan fingerprint density at radius 1 is 1.12 bits per heavy atom. The van der Waals surface area contributed by atoms with Gasteiger partial charge in [-0.05, 0) is 30.2 Å². The van der Waals surface area contributed by atoms with Gasteiger partial charge in [-0.3, -0.25) is 0 Å². The van der Waals surface area contributed by atoms with Crippen molar-refractivity contribution in [2.75, 3.05) is 6.61 Å². The predicted molar refractivity (Wildman–Crippen MR) is 60.3 cm³/mol. The maximum Gasteiger partial charge on any atom is 0.146 e. The number of para-hydroxylation sites is 1. The lowest BCUT2D eigenvalue weighted by Gasteiger charge is -2.09. The minimum atomic E-state index is 0.126. The van der Waals surface area contributed by atoms with Gasteiger partial charge in [0.2, 0.25) is 0 Å². The van der Waals surface area contributed by atoms with Crippen LogP contribution in [0.1, 0.15) is 11.3 Å². The monoisotopic (exact) mass is 218 g/mol. The van der Waals surface area contributed by atoms with Crippen molar-refractivity contribution in [1.29, 1.82) is 0 Å². The van der Waals surface area contributed by atoms with Crippen LogP contribution in [0.4, 0.5) is 0 Å². The van der Waals surface area contributed by atoms with Crippen LogP contribution in [-0.4, -0.2) is 11.7 Å². The summed E-state index contributed by atoms with van der Waals surface area (Å²) in [5.41, 5.74) is 1.01. The van der Waals surface area contributed by atoms with Gasteiger partial charge in [-0.15, -0.1) is 0 Å². The summed E-state index contributed by atoms with van der Waals surface area (Å²) in [7, 11) is 0. The first-order valence-corrected chi connectivity index (χ1v) is 5.24. The van der Waals surface area contributed by atoms with E-state index in [1.165, 1.54) is 0 Å². The van der Waals surface area contributed by atoms with Crippen molar-refractivity contribution in [2.24, 2.45) is 0 Å². The van der Waals surface area contributed by atoms with Crippen LogP contribution in [0.3, 0.4) is 0 Å². The van der Waals surface area contributed by atoms with Crippen LogP contribution in [0.2, 0.25) is 0 Å². The second kappa shape index (κ2) is 5.37. The molecule has 0 aliphatic carbocycles. The summed E-state index contributed by atoms with van der Waals surface area (Å²) in [6.07, 6.45) is 2.23. The molecule has 1 aromatic heterocycles. The van der Waals surface area contributed by atoms with Crippen molar-refractivity contribution in [3.63, 3.8) is 0 Å². The first kappa shape index (κ1) is 10.8. The number of furan rings is 1. The van der Waals surface area contributed by atoms with E-state index >= 15 is 0 Å². The zero-order valence-electron chi connectivity index (χ0n) is 8.93. The number of ether oxygens (including phenoxy) is 1. The zero-order chi connectivity index (χ0) is 11.2. The van der Waals surface area contributed by atoms with E-state index in [-0.39, 0.29) is 6.61 Å². The van der Waals surface area contributed by atoms with Crippen molar-refractivity contribution < 1.29 is 14.3 Å². The Kier molecular flexibility index (Phi) is 3.62. The molecular weight excluding hydrogens is 204 g/mol. The Morgan fingerprint density at radius 2 is 2.00 bits per heavy atom. The lowest BCUT2D eigenvalue weighted by Crippen LogP contribution is -1.99. The topological polar surface area (TPSA) is 42.6 Å². The second-order valence-corrected chi connectivity index (χ2v) is 3.45. The van der Waals surface area contributed by atoms with Gasteiger partial charge in [-0.25, -0.2) is 0 Å². The molecule has 3 heteroatoms. The van der Waals surface area contributed by atoms with E-state index < -0.39 is 0 Å². The second-order valence-electron chi connectivity index (χ2n) is 3.45. The fourth-order valence-corrected chi connectivity index (χ4v) is 1.52. The van der Waals surface area contributed by atoms with E-state index in [1.54, 1.807) is 6.26 Å². The number of aliphatic hydroxyl groups is 1. The molecule has 1 heterocycles. The minimum Gasteiger partial charge on any atom is -0.485 e. The summed E-state index contributed by atoms with van der Waals surface area (Å²) >= 11 is 0. The number of hydrogen-bond donors (Lipinski definition) is 1. The molecule has 0 radical (unpaired) electrons. The van der Waals surface area contributed by atoms with Crippen LogP contribution in [-0.2, 0) is 13.0 Å². The Hall–Kier alpha value is -1.74. The van der Waals surface area contributed by atoms with Gasteiger partial charge >= 0.3 is 0 Å². The van der Waals surface area contributed by atoms with Gasteiger partial charge in [-0.1, -0.05) is 18.2 Å². The third-order valence-electron chi connectivity index (χ3n) is 2.30. The molecule has 0 spiro atoms. The molecule has 0 unspecified atom stereocenters. The Bertz CT molecular complexity index is 421. The third kappa shape index (κ3) is 2.64. The molecule has 2 rings (SSSR count). The van der Waals surface area contributed by atoms with Gasteiger partial charge in [0, 0.05) is 6.61 Å². The molecule has 0 saturated carbocycles. The molecule has 2 aromatic rings. The van der Waals surface area contributed by atoms with E-state index in [2.05, 4.69) is 0 Å². The summed E-state index contributed by atoms with van der Waals surface area (Å²) in [5, 5.41) is 8.92. The van der Waals surface area contributed by atoms with Gasteiger partial charge in [0.15, 0.2) is 0 Å². The van der Waals surface area contributed by atoms with E-state index in [1.807, 2.05) is 36.4 Å². The highest BCUT2D eigenvalue weighted by Crippen LogP contribution is 2.19. The van der Waals surface area contributed by atoms with Crippen molar-refractivity contribution in [3.05, 3.63) is 54.0 Å². The highest BCUT2D eigenvalue weighted by Gasteiger charge is 2.03. The lowest BCUT2D eigenvalue weighted by atomic mass is 10.1. The van der Waals surface area contributed by atoms with Gasteiger partial charge in [0.25, 0.3) is 0 Å². The van der Waals surface area contributed by atoms with E-state index in [9.17, 15) is 0 Å². The smallest absolute Gasteiger partial charge is 0.146 e. The first-order chi connectivity index (χ1) is 7.90. The first-order valence-electron chi connectivity index (χ1n) is 5.24. The van der Waals surface area contributed by atoms with Gasteiger partial charge in [0.05, 0.1) is 6.26 Å². The molecule has 84 valence electrons. The van der Waals surface area contributed by atoms with Gasteiger partial charge in [0.1, 0.15) is 18.1 Å². The molecular formula is C13H14O3. The molecule has 0 aliphatic rings. The van der Waals surface area contributed by atoms with Crippen LogP contribution in [0.5, 0.6) is 5.75 Å². The summed E-state index contributed by atoms with van der Waals surface area (Å²) in [5.74, 6) is 1.59. The molecule has 16 heavy (non-hydrogen) atoms. The third-order valence-corrected chi connectivity index (χ3v) is 2.30. The van der Waals surface area contributed by atoms with Gasteiger partial charge < -0.3 is 14.3 Å². The van der Waals surface area contributed by atoms with Crippen LogP contribution in [0.25, 0.3) is 0 Å². The lowest BCUT2D eigenvalue weighted by molar-refractivity contribution is 0.262. The molecule has 0 aliphatic heterocycles. The average Bonchev–Trinajstić information content (AvgIpc) is 2.81. The number of aliphatic hydroxyl groups excluding tert-OH is 1. The van der Waals surface area contributed by atoms with Crippen molar-refractivity contribution in [2.45, 2.75) is 13.0 Å². The summed E-state index contributed by atoms with van der Waals surface area (Å²) in [6, 6.07) is 11.4. The Balaban J connectivity index is 2.03. The normalized spacial score (nSPS) is 10.3. The zero-order valence-corrected chi connectivity index (χ0v) is 8.93. The standard InChI is InChI=1S/C13H14O3/c14-8-7-11-4-1-2-6-13(11)16-10-12-5-3-9-15-12/h1-6,9,14H,7-8,10H2. The fourth-order valence-electron chi connectivity index (χ4n) is 1.52. The molecule has 0 saturated heterocycles. The Morgan fingerprint density at radius 3 is 2.75 bits per heavy atom.